The van der Waals surface area contributed by atoms with E-state index in [2.05, 4.69) is 16.0 Å². The van der Waals surface area contributed by atoms with Crippen LogP contribution in [0.15, 0.2) is 18.2 Å². The van der Waals surface area contributed by atoms with Gasteiger partial charge in [0.15, 0.2) is 0 Å². The summed E-state index contributed by atoms with van der Waals surface area (Å²) in [6, 6.07) is 5.55. The molecule has 116 valence electrons. The Balaban J connectivity index is 2.45. The number of hydrogen-bond acceptors (Lipinski definition) is 3. The molecule has 0 unspecified atom stereocenters. The van der Waals surface area contributed by atoms with Crippen LogP contribution in [-0.4, -0.2) is 31.4 Å². The zero-order chi connectivity index (χ0) is 15.7. The molecule has 3 N–H and O–H groups in total. The molecule has 5 nitrogen and oxygen atoms in total. The first kappa shape index (κ1) is 17.0. The number of benzene rings is 1. The molecule has 0 fully saturated rings. The van der Waals surface area contributed by atoms with Crippen LogP contribution in [0.5, 0.6) is 0 Å². The molecule has 1 aromatic rings. The highest BCUT2D eigenvalue weighted by Gasteiger charge is 2.08. The number of anilines is 1. The maximum Gasteiger partial charge on any atom is 0.251 e. The van der Waals surface area contributed by atoms with Gasteiger partial charge < -0.3 is 16.0 Å². The number of carbonyl (C=O) groups excluding carboxylic acids is 2. The summed E-state index contributed by atoms with van der Waals surface area (Å²) in [6.07, 6.45) is 1.22. The molecule has 5 heteroatoms. The van der Waals surface area contributed by atoms with Crippen molar-refractivity contribution in [3.63, 3.8) is 0 Å². The Hall–Kier alpha value is -2.04. The topological polar surface area (TPSA) is 70.2 Å². The largest absolute Gasteiger partial charge is 0.385 e. The Bertz CT molecular complexity index is 486. The predicted octanol–water partition coefficient (Wildman–Crippen LogP) is 2.07. The van der Waals surface area contributed by atoms with Gasteiger partial charge in [0.2, 0.25) is 5.91 Å². The molecule has 0 aliphatic rings. The molecule has 0 heterocycles. The molecular formula is C16H25N3O2. The van der Waals surface area contributed by atoms with E-state index in [1.54, 1.807) is 6.07 Å². The summed E-state index contributed by atoms with van der Waals surface area (Å²) in [6.45, 7) is 7.87. The average Bonchev–Trinajstić information content (AvgIpc) is 2.47. The van der Waals surface area contributed by atoms with Crippen molar-refractivity contribution in [1.82, 2.24) is 10.6 Å². The van der Waals surface area contributed by atoms with Gasteiger partial charge in [-0.15, -0.1) is 0 Å². The van der Waals surface area contributed by atoms with Gasteiger partial charge >= 0.3 is 0 Å². The number of amides is 2. The minimum absolute atomic E-state index is 0.0316. The van der Waals surface area contributed by atoms with Crippen molar-refractivity contribution in [3.8, 4) is 0 Å². The SMILES string of the molecule is CCCNC(=O)CCNC(=O)c1ccc(NCC)c(C)c1. The van der Waals surface area contributed by atoms with E-state index in [1.165, 1.54) is 0 Å². The summed E-state index contributed by atoms with van der Waals surface area (Å²) in [5.41, 5.74) is 2.68. The third-order valence-corrected chi connectivity index (χ3v) is 3.07. The molecular weight excluding hydrogens is 266 g/mol. The highest BCUT2D eigenvalue weighted by Crippen LogP contribution is 2.16. The van der Waals surface area contributed by atoms with E-state index in [0.29, 0.717) is 25.1 Å². The first-order valence-corrected chi connectivity index (χ1v) is 7.47. The lowest BCUT2D eigenvalue weighted by Gasteiger charge is -2.10. The van der Waals surface area contributed by atoms with Crippen LogP contribution in [0.1, 0.15) is 42.6 Å². The van der Waals surface area contributed by atoms with E-state index in [-0.39, 0.29) is 11.8 Å². The zero-order valence-electron chi connectivity index (χ0n) is 13.1. The maximum atomic E-state index is 12.0. The normalized spacial score (nSPS) is 10.0. The van der Waals surface area contributed by atoms with Crippen LogP contribution in [0.2, 0.25) is 0 Å². The number of hydrogen-bond donors (Lipinski definition) is 3. The molecule has 0 atom stereocenters. The van der Waals surface area contributed by atoms with E-state index in [1.807, 2.05) is 32.9 Å². The van der Waals surface area contributed by atoms with Gasteiger partial charge in [0.25, 0.3) is 5.91 Å². The van der Waals surface area contributed by atoms with Gasteiger partial charge in [-0.05, 0) is 44.0 Å². The Morgan fingerprint density at radius 3 is 2.48 bits per heavy atom. The van der Waals surface area contributed by atoms with Gasteiger partial charge in [-0.1, -0.05) is 6.92 Å². The Morgan fingerprint density at radius 1 is 1.10 bits per heavy atom. The third kappa shape index (κ3) is 5.85. The summed E-state index contributed by atoms with van der Waals surface area (Å²) >= 11 is 0. The van der Waals surface area contributed by atoms with Crippen molar-refractivity contribution in [2.24, 2.45) is 0 Å². The van der Waals surface area contributed by atoms with E-state index >= 15 is 0 Å². The van der Waals surface area contributed by atoms with E-state index in [4.69, 9.17) is 0 Å². The quantitative estimate of drug-likeness (QED) is 0.687. The summed E-state index contributed by atoms with van der Waals surface area (Å²) < 4.78 is 0. The molecule has 0 saturated carbocycles. The van der Waals surface area contributed by atoms with Crippen molar-refractivity contribution >= 4 is 17.5 Å². The fourth-order valence-corrected chi connectivity index (χ4v) is 1.94. The van der Waals surface area contributed by atoms with Crippen LogP contribution < -0.4 is 16.0 Å². The van der Waals surface area contributed by atoms with Crippen LogP contribution >= 0.6 is 0 Å². The molecule has 0 radical (unpaired) electrons. The second-order valence-electron chi connectivity index (χ2n) is 4.92. The first-order chi connectivity index (χ1) is 10.1. The average molecular weight is 291 g/mol. The van der Waals surface area contributed by atoms with E-state index in [0.717, 1.165) is 24.2 Å². The van der Waals surface area contributed by atoms with Gasteiger partial charge in [-0.3, -0.25) is 9.59 Å². The Morgan fingerprint density at radius 2 is 1.86 bits per heavy atom. The summed E-state index contributed by atoms with van der Waals surface area (Å²) in [7, 11) is 0. The fraction of sp³-hybridized carbons (Fsp3) is 0.500. The van der Waals surface area contributed by atoms with Gasteiger partial charge in [-0.2, -0.15) is 0 Å². The van der Waals surface area contributed by atoms with Crippen molar-refractivity contribution in [3.05, 3.63) is 29.3 Å². The predicted molar refractivity (Wildman–Crippen MR) is 85.6 cm³/mol. The lowest BCUT2D eigenvalue weighted by molar-refractivity contribution is -0.120. The molecule has 0 spiro atoms. The Labute approximate surface area is 126 Å². The van der Waals surface area contributed by atoms with Crippen molar-refractivity contribution in [1.29, 1.82) is 0 Å². The molecule has 1 rings (SSSR count). The van der Waals surface area contributed by atoms with Crippen LogP contribution in [0, 0.1) is 6.92 Å². The number of carbonyl (C=O) groups is 2. The van der Waals surface area contributed by atoms with Gasteiger partial charge in [0, 0.05) is 37.3 Å². The minimum atomic E-state index is -0.149. The van der Waals surface area contributed by atoms with Crippen molar-refractivity contribution < 1.29 is 9.59 Å². The highest BCUT2D eigenvalue weighted by atomic mass is 16.2. The minimum Gasteiger partial charge on any atom is -0.385 e. The summed E-state index contributed by atoms with van der Waals surface area (Å²) in [5, 5.41) is 8.78. The molecule has 21 heavy (non-hydrogen) atoms. The van der Waals surface area contributed by atoms with Crippen LogP contribution in [-0.2, 0) is 4.79 Å². The van der Waals surface area contributed by atoms with E-state index in [9.17, 15) is 9.59 Å². The lowest BCUT2D eigenvalue weighted by Crippen LogP contribution is -2.31. The number of rotatable bonds is 8. The van der Waals surface area contributed by atoms with Gasteiger partial charge in [-0.25, -0.2) is 0 Å². The standard InChI is InChI=1S/C16H25N3O2/c1-4-9-18-15(20)8-10-19-16(21)13-6-7-14(17-5-2)12(3)11-13/h6-7,11,17H,4-5,8-10H2,1-3H3,(H,18,20)(H,19,21). The molecule has 0 aliphatic carbocycles. The molecule has 0 aliphatic heterocycles. The highest BCUT2D eigenvalue weighted by molar-refractivity contribution is 5.95. The number of nitrogens with one attached hydrogen (secondary N) is 3. The van der Waals surface area contributed by atoms with Crippen LogP contribution in [0.25, 0.3) is 0 Å². The third-order valence-electron chi connectivity index (χ3n) is 3.07. The Kier molecular flexibility index (Phi) is 7.29. The zero-order valence-corrected chi connectivity index (χ0v) is 13.1. The van der Waals surface area contributed by atoms with Gasteiger partial charge in [0.1, 0.15) is 0 Å². The summed E-state index contributed by atoms with van der Waals surface area (Å²) in [4.78, 5) is 23.4. The van der Waals surface area contributed by atoms with Gasteiger partial charge in [0.05, 0.1) is 0 Å². The molecule has 1 aromatic carbocycles. The monoisotopic (exact) mass is 291 g/mol. The smallest absolute Gasteiger partial charge is 0.251 e. The van der Waals surface area contributed by atoms with E-state index < -0.39 is 0 Å². The fourth-order valence-electron chi connectivity index (χ4n) is 1.94. The summed E-state index contributed by atoms with van der Waals surface area (Å²) in [5.74, 6) is -0.180. The molecule has 0 saturated heterocycles. The second-order valence-corrected chi connectivity index (χ2v) is 4.92. The lowest BCUT2D eigenvalue weighted by atomic mass is 10.1. The first-order valence-electron chi connectivity index (χ1n) is 7.47. The molecule has 0 bridgehead atoms. The molecule has 2 amide bonds. The second kappa shape index (κ2) is 9.00. The van der Waals surface area contributed by atoms with Crippen LogP contribution in [0.3, 0.4) is 0 Å². The maximum absolute atomic E-state index is 12.0. The molecule has 0 aromatic heterocycles. The van der Waals surface area contributed by atoms with Crippen LogP contribution in [0.4, 0.5) is 5.69 Å². The van der Waals surface area contributed by atoms with Crippen molar-refractivity contribution in [2.45, 2.75) is 33.6 Å². The number of aryl methyl sites for hydroxylation is 1. The van der Waals surface area contributed by atoms with Crippen molar-refractivity contribution in [2.75, 3.05) is 25.0 Å².